The fourth-order valence-corrected chi connectivity index (χ4v) is 2.99. The summed E-state index contributed by atoms with van der Waals surface area (Å²) in [6, 6.07) is 8.42. The van der Waals surface area contributed by atoms with Gasteiger partial charge in [0.05, 0.1) is 0 Å². The van der Waals surface area contributed by atoms with E-state index < -0.39 is 0 Å². The van der Waals surface area contributed by atoms with Gasteiger partial charge in [-0.1, -0.05) is 24.3 Å². The van der Waals surface area contributed by atoms with E-state index in [0.29, 0.717) is 0 Å². The Labute approximate surface area is 163 Å². The minimum absolute atomic E-state index is 0. The zero-order valence-electron chi connectivity index (χ0n) is 15.3. The second-order valence-electron chi connectivity index (χ2n) is 6.44. The molecule has 24 heavy (non-hydrogen) atoms. The molecule has 0 aliphatic carbocycles. The number of aliphatic imine (C=N–C) groups is 1. The van der Waals surface area contributed by atoms with Gasteiger partial charge < -0.3 is 20.3 Å². The molecule has 1 aromatic carbocycles. The summed E-state index contributed by atoms with van der Waals surface area (Å²) in [4.78, 5) is 6.67. The smallest absolute Gasteiger partial charge is 0.191 e. The number of benzene rings is 1. The van der Waals surface area contributed by atoms with Crippen molar-refractivity contribution in [1.29, 1.82) is 0 Å². The third-order valence-electron chi connectivity index (χ3n) is 4.89. The molecule has 5 nitrogen and oxygen atoms in total. The quantitative estimate of drug-likeness (QED) is 0.415. The van der Waals surface area contributed by atoms with Crippen molar-refractivity contribution in [3.63, 3.8) is 0 Å². The van der Waals surface area contributed by atoms with Gasteiger partial charge >= 0.3 is 0 Å². The molecule has 6 heteroatoms. The van der Waals surface area contributed by atoms with Gasteiger partial charge in [0.25, 0.3) is 0 Å². The van der Waals surface area contributed by atoms with Gasteiger partial charge in [0, 0.05) is 38.9 Å². The lowest BCUT2D eigenvalue weighted by Gasteiger charge is -2.43. The molecule has 2 rings (SSSR count). The first-order valence-corrected chi connectivity index (χ1v) is 8.31. The monoisotopic (exact) mass is 446 g/mol. The van der Waals surface area contributed by atoms with Crippen LogP contribution in [0.25, 0.3) is 0 Å². The highest BCUT2D eigenvalue weighted by atomic mass is 127. The molecule has 0 saturated carbocycles. The summed E-state index contributed by atoms with van der Waals surface area (Å²) in [7, 11) is 6.12. The molecule has 2 N–H and O–H groups in total. The average Bonchev–Trinajstić information content (AvgIpc) is 2.57. The van der Waals surface area contributed by atoms with Gasteiger partial charge in [0.15, 0.2) is 5.96 Å². The Morgan fingerprint density at radius 2 is 1.88 bits per heavy atom. The summed E-state index contributed by atoms with van der Waals surface area (Å²) in [6.07, 6.45) is 2.09. The Bertz CT molecular complexity index is 528. The summed E-state index contributed by atoms with van der Waals surface area (Å²) in [5.74, 6) is 0.848. The molecular weight excluding hydrogens is 415 g/mol. The Kier molecular flexibility index (Phi) is 9.01. The lowest BCUT2D eigenvalue weighted by Crippen LogP contribution is -2.57. The predicted molar refractivity (Wildman–Crippen MR) is 111 cm³/mol. The van der Waals surface area contributed by atoms with Crippen molar-refractivity contribution >= 4 is 29.9 Å². The first-order valence-electron chi connectivity index (χ1n) is 8.31. The minimum Gasteiger partial charge on any atom is -0.381 e. The molecule has 0 atom stereocenters. The Balaban J connectivity index is 0.00000288. The highest BCUT2D eigenvalue weighted by molar-refractivity contribution is 14.0. The Morgan fingerprint density at radius 3 is 2.46 bits per heavy atom. The van der Waals surface area contributed by atoms with Crippen LogP contribution >= 0.6 is 24.0 Å². The molecule has 0 aromatic heterocycles. The van der Waals surface area contributed by atoms with Gasteiger partial charge in [-0.3, -0.25) is 4.99 Å². The summed E-state index contributed by atoms with van der Waals surface area (Å²) < 4.78 is 5.53. The maximum atomic E-state index is 5.53. The number of rotatable bonds is 5. The van der Waals surface area contributed by atoms with Crippen LogP contribution in [0.2, 0.25) is 0 Å². The van der Waals surface area contributed by atoms with Gasteiger partial charge in [0.1, 0.15) is 0 Å². The third kappa shape index (κ3) is 5.60. The van der Waals surface area contributed by atoms with E-state index in [9.17, 15) is 0 Å². The molecule has 1 aliphatic heterocycles. The number of hydrogen-bond donors (Lipinski definition) is 2. The fraction of sp³-hybridized carbons (Fsp3) is 0.611. The first kappa shape index (κ1) is 21.2. The van der Waals surface area contributed by atoms with Crippen molar-refractivity contribution in [2.24, 2.45) is 4.99 Å². The number of aryl methyl sites for hydroxylation is 1. The summed E-state index contributed by atoms with van der Waals surface area (Å²) >= 11 is 0. The van der Waals surface area contributed by atoms with Crippen LogP contribution < -0.4 is 10.6 Å². The highest BCUT2D eigenvalue weighted by Crippen LogP contribution is 2.24. The molecule has 0 amide bonds. The van der Waals surface area contributed by atoms with E-state index in [1.54, 1.807) is 0 Å². The van der Waals surface area contributed by atoms with Crippen LogP contribution in [0.15, 0.2) is 29.3 Å². The van der Waals surface area contributed by atoms with Gasteiger partial charge in [-0.2, -0.15) is 0 Å². The summed E-state index contributed by atoms with van der Waals surface area (Å²) in [6.45, 7) is 5.45. The van der Waals surface area contributed by atoms with Crippen LogP contribution in [0.5, 0.6) is 0 Å². The van der Waals surface area contributed by atoms with Crippen LogP contribution in [-0.4, -0.2) is 57.3 Å². The van der Waals surface area contributed by atoms with Crippen molar-refractivity contribution in [2.45, 2.75) is 31.8 Å². The topological polar surface area (TPSA) is 48.9 Å². The van der Waals surface area contributed by atoms with Crippen LogP contribution in [0.4, 0.5) is 0 Å². The Morgan fingerprint density at radius 1 is 1.21 bits per heavy atom. The maximum Gasteiger partial charge on any atom is 0.191 e. The van der Waals surface area contributed by atoms with E-state index in [1.165, 1.54) is 11.1 Å². The summed E-state index contributed by atoms with van der Waals surface area (Å²) in [5, 5.41) is 6.90. The van der Waals surface area contributed by atoms with E-state index in [2.05, 4.69) is 65.8 Å². The van der Waals surface area contributed by atoms with Crippen LogP contribution in [0.3, 0.4) is 0 Å². The second-order valence-corrected chi connectivity index (χ2v) is 6.44. The van der Waals surface area contributed by atoms with E-state index >= 15 is 0 Å². The van der Waals surface area contributed by atoms with Gasteiger partial charge in [-0.15, -0.1) is 24.0 Å². The van der Waals surface area contributed by atoms with Crippen LogP contribution in [0.1, 0.15) is 24.0 Å². The van der Waals surface area contributed by atoms with E-state index in [4.69, 9.17) is 4.74 Å². The molecule has 0 spiro atoms. The van der Waals surface area contributed by atoms with E-state index in [0.717, 1.165) is 45.1 Å². The maximum absolute atomic E-state index is 5.53. The second kappa shape index (κ2) is 10.2. The van der Waals surface area contributed by atoms with Crippen LogP contribution in [-0.2, 0) is 11.3 Å². The predicted octanol–water partition coefficient (Wildman–Crippen LogP) is 2.39. The largest absolute Gasteiger partial charge is 0.381 e. The average molecular weight is 446 g/mol. The number of nitrogens with zero attached hydrogens (tertiary/aromatic N) is 2. The minimum atomic E-state index is 0. The van der Waals surface area contributed by atoms with E-state index in [-0.39, 0.29) is 29.5 Å². The molecule has 0 unspecified atom stereocenters. The lowest BCUT2D eigenvalue weighted by atomic mass is 9.88. The molecule has 1 aliphatic rings. The number of nitrogens with one attached hydrogen (secondary N) is 2. The lowest BCUT2D eigenvalue weighted by molar-refractivity contribution is -0.00501. The van der Waals surface area contributed by atoms with Crippen molar-refractivity contribution in [3.8, 4) is 0 Å². The number of hydrogen-bond acceptors (Lipinski definition) is 3. The van der Waals surface area contributed by atoms with Crippen molar-refractivity contribution in [1.82, 2.24) is 15.5 Å². The zero-order chi connectivity index (χ0) is 16.7. The molecule has 0 radical (unpaired) electrons. The first-order chi connectivity index (χ1) is 11.1. The third-order valence-corrected chi connectivity index (χ3v) is 4.89. The number of guanidine groups is 1. The highest BCUT2D eigenvalue weighted by Gasteiger charge is 2.34. The van der Waals surface area contributed by atoms with Crippen molar-refractivity contribution < 1.29 is 4.74 Å². The standard InChI is InChI=1S/C18H30N4O.HI/c1-15-7-5-6-8-16(15)13-20-17(19-2)21-14-18(22(3)4)9-11-23-12-10-18;/h5-8H,9-14H2,1-4H3,(H2,19,20,21);1H. The normalized spacial score (nSPS) is 17.3. The Hall–Kier alpha value is -0.860. The number of halogens is 1. The molecule has 1 fully saturated rings. The van der Waals surface area contributed by atoms with Gasteiger partial charge in [0.2, 0.25) is 0 Å². The fourth-order valence-electron chi connectivity index (χ4n) is 2.99. The van der Waals surface area contributed by atoms with Crippen LogP contribution in [0, 0.1) is 6.92 Å². The summed E-state index contributed by atoms with van der Waals surface area (Å²) in [5.41, 5.74) is 2.73. The van der Waals surface area contributed by atoms with E-state index in [1.807, 2.05) is 7.05 Å². The number of ether oxygens (including phenoxy) is 1. The van der Waals surface area contributed by atoms with Crippen molar-refractivity contribution in [2.75, 3.05) is 40.9 Å². The zero-order valence-corrected chi connectivity index (χ0v) is 17.6. The molecule has 1 saturated heterocycles. The molecule has 1 aromatic rings. The molecule has 0 bridgehead atoms. The SMILES string of the molecule is CN=C(NCc1ccccc1C)NCC1(N(C)C)CCOCC1.I. The molecule has 136 valence electrons. The number of likely N-dealkylation sites (N-methyl/N-ethyl adjacent to an activating group) is 1. The molecular formula is C18H31IN4O. The van der Waals surface area contributed by atoms with Gasteiger partial charge in [-0.25, -0.2) is 0 Å². The molecule has 1 heterocycles. The van der Waals surface area contributed by atoms with Gasteiger partial charge in [-0.05, 0) is 45.0 Å². The van der Waals surface area contributed by atoms with Crippen molar-refractivity contribution in [3.05, 3.63) is 35.4 Å².